The molecule has 3 aromatic carbocycles. The van der Waals surface area contributed by atoms with Gasteiger partial charge >= 0.3 is 0 Å². The summed E-state index contributed by atoms with van der Waals surface area (Å²) in [4.78, 5) is 12.8. The number of benzene rings is 3. The van der Waals surface area contributed by atoms with E-state index in [0.29, 0.717) is 21.5 Å². The van der Waals surface area contributed by atoms with Gasteiger partial charge in [-0.3, -0.25) is 4.79 Å². The van der Waals surface area contributed by atoms with E-state index in [4.69, 9.17) is 22.8 Å². The third-order valence-corrected chi connectivity index (χ3v) is 4.21. The van der Waals surface area contributed by atoms with Gasteiger partial charge in [-0.25, -0.2) is 0 Å². The Balaban J connectivity index is 1.98. The summed E-state index contributed by atoms with van der Waals surface area (Å²) in [7, 11) is 0. The van der Waals surface area contributed by atoms with Crippen LogP contribution in [0.5, 0.6) is 11.5 Å². The Morgan fingerprint density at radius 3 is 2.40 bits per heavy atom. The topological polar surface area (TPSA) is 58.6 Å². The molecule has 5 heteroatoms. The van der Waals surface area contributed by atoms with Crippen LogP contribution in [0.1, 0.15) is 10.4 Å². The number of phenolic OH excluding ortho intramolecular Hbond substituents is 1. The van der Waals surface area contributed by atoms with Crippen LogP contribution in [-0.2, 0) is 0 Å². The Kier molecular flexibility index (Phi) is 6.51. The molecule has 0 heterocycles. The number of anilines is 1. The van der Waals surface area contributed by atoms with Gasteiger partial charge in [0.05, 0.1) is 16.3 Å². The van der Waals surface area contributed by atoms with E-state index >= 15 is 0 Å². The number of hydrogen-bond donors (Lipinski definition) is 2. The molecule has 142 valence electrons. The molecule has 4 nitrogen and oxygen atoms in total. The van der Waals surface area contributed by atoms with Gasteiger partial charge in [-0.05, 0) is 36.0 Å². The highest BCUT2D eigenvalue weighted by molar-refractivity contribution is 6.34. The zero-order valence-electron chi connectivity index (χ0n) is 15.4. The Hall–Kier alpha value is -4.48. The lowest BCUT2D eigenvalue weighted by Crippen LogP contribution is -2.12. The molecule has 0 fully saturated rings. The lowest BCUT2D eigenvalue weighted by molar-refractivity contribution is 0.102. The number of halogens is 1. The summed E-state index contributed by atoms with van der Waals surface area (Å²) in [5.74, 6) is 13.9. The summed E-state index contributed by atoms with van der Waals surface area (Å²) in [5, 5.41) is 14.7. The third-order valence-electron chi connectivity index (χ3n) is 3.88. The van der Waals surface area contributed by atoms with E-state index in [9.17, 15) is 9.90 Å². The first kappa shape index (κ1) is 20.3. The van der Waals surface area contributed by atoms with E-state index in [1.54, 1.807) is 48.5 Å². The average Bonchev–Trinajstić information content (AvgIpc) is 2.76. The first-order valence-corrected chi connectivity index (χ1v) is 8.92. The van der Waals surface area contributed by atoms with E-state index in [-0.39, 0.29) is 17.1 Å². The maximum Gasteiger partial charge on any atom is 0.259 e. The summed E-state index contributed by atoms with van der Waals surface area (Å²) < 4.78 is 5.48. The van der Waals surface area contributed by atoms with Crippen molar-refractivity contribution in [3.63, 3.8) is 0 Å². The molecule has 3 aromatic rings. The number of amides is 1. The van der Waals surface area contributed by atoms with Crippen LogP contribution in [0.4, 0.5) is 5.69 Å². The molecule has 0 aliphatic carbocycles. The summed E-state index contributed by atoms with van der Waals surface area (Å²) in [6.45, 7) is 0. The van der Waals surface area contributed by atoms with Gasteiger partial charge in [0, 0.05) is 28.5 Å². The monoisotopic (exact) mass is 409 g/mol. The van der Waals surface area contributed by atoms with E-state index < -0.39 is 5.91 Å². The Morgan fingerprint density at radius 2 is 1.63 bits per heavy atom. The minimum atomic E-state index is -0.548. The van der Waals surface area contributed by atoms with Crippen molar-refractivity contribution in [2.45, 2.75) is 0 Å². The molecule has 0 atom stereocenters. The van der Waals surface area contributed by atoms with Gasteiger partial charge in [-0.1, -0.05) is 48.0 Å². The molecule has 0 bridgehead atoms. The van der Waals surface area contributed by atoms with E-state index in [1.807, 2.05) is 0 Å². The van der Waals surface area contributed by atoms with E-state index in [2.05, 4.69) is 46.9 Å². The van der Waals surface area contributed by atoms with E-state index in [0.717, 1.165) is 0 Å². The van der Waals surface area contributed by atoms with Crippen molar-refractivity contribution in [1.82, 2.24) is 0 Å². The second-order valence-corrected chi connectivity index (χ2v) is 6.13. The second-order valence-electron chi connectivity index (χ2n) is 5.72. The number of nitrogens with one attached hydrogen (secondary N) is 1. The highest BCUT2D eigenvalue weighted by Gasteiger charge is 2.18. The fraction of sp³-hybridized carbons (Fsp3) is 0. The summed E-state index contributed by atoms with van der Waals surface area (Å²) >= 11 is 6.10. The van der Waals surface area contributed by atoms with Gasteiger partial charge in [0.25, 0.3) is 5.91 Å². The number of para-hydroxylation sites is 1. The quantitative estimate of drug-likeness (QED) is 0.629. The number of phenols is 1. The number of fused-ring (bicyclic) bond motifs is 1. The van der Waals surface area contributed by atoms with Crippen LogP contribution >= 0.6 is 11.6 Å². The molecule has 0 aromatic heterocycles. The summed E-state index contributed by atoms with van der Waals surface area (Å²) in [6.07, 6.45) is 7.43. The maximum atomic E-state index is 12.8. The molecule has 0 radical (unpaired) electrons. The van der Waals surface area contributed by atoms with Crippen LogP contribution in [0.3, 0.4) is 0 Å². The number of aromatic hydroxyl groups is 1. The van der Waals surface area contributed by atoms with Gasteiger partial charge in [0.2, 0.25) is 0 Å². The van der Waals surface area contributed by atoms with Crippen molar-refractivity contribution in [2.24, 2.45) is 0 Å². The number of terminal acetylenes is 1. The minimum Gasteiger partial charge on any atom is -0.506 e. The minimum absolute atomic E-state index is 0.0105. The fourth-order valence-corrected chi connectivity index (χ4v) is 2.76. The molecule has 3 rings (SSSR count). The van der Waals surface area contributed by atoms with Gasteiger partial charge in [-0.15, -0.1) is 6.42 Å². The van der Waals surface area contributed by atoms with Crippen LogP contribution in [0.2, 0.25) is 5.02 Å². The van der Waals surface area contributed by atoms with Crippen LogP contribution in [0.25, 0.3) is 10.8 Å². The van der Waals surface area contributed by atoms with Crippen LogP contribution in [0.15, 0.2) is 54.6 Å². The molecule has 0 unspecified atom stereocenters. The van der Waals surface area contributed by atoms with Crippen molar-refractivity contribution in [3.8, 4) is 59.6 Å². The molecule has 1 amide bonds. The number of carbonyl (C=O) groups excluding carboxylic acids is 1. The van der Waals surface area contributed by atoms with Crippen molar-refractivity contribution in [2.75, 3.05) is 5.32 Å². The summed E-state index contributed by atoms with van der Waals surface area (Å²) in [5.41, 5.74) is 0.429. The first-order valence-electron chi connectivity index (χ1n) is 8.55. The van der Waals surface area contributed by atoms with Gasteiger partial charge in [0.15, 0.2) is 0 Å². The molecule has 0 aliphatic rings. The van der Waals surface area contributed by atoms with Crippen molar-refractivity contribution in [1.29, 1.82) is 0 Å². The molecule has 0 aliphatic heterocycles. The lowest BCUT2D eigenvalue weighted by Gasteiger charge is -2.12. The second kappa shape index (κ2) is 9.64. The van der Waals surface area contributed by atoms with Crippen LogP contribution in [-0.4, -0.2) is 11.0 Å². The van der Waals surface area contributed by atoms with Crippen LogP contribution < -0.4 is 10.1 Å². The molecule has 0 spiro atoms. The lowest BCUT2D eigenvalue weighted by atomic mass is 10.0. The fourth-order valence-electron chi connectivity index (χ4n) is 2.57. The highest BCUT2D eigenvalue weighted by Crippen LogP contribution is 2.36. The molecular weight excluding hydrogens is 398 g/mol. The Labute approximate surface area is 178 Å². The third kappa shape index (κ3) is 4.67. The summed E-state index contributed by atoms with van der Waals surface area (Å²) in [6, 6.07) is 15.1. The number of rotatable bonds is 3. The average molecular weight is 410 g/mol. The van der Waals surface area contributed by atoms with Crippen molar-refractivity contribution >= 4 is 34.0 Å². The van der Waals surface area contributed by atoms with Crippen molar-refractivity contribution in [3.05, 3.63) is 65.2 Å². The largest absolute Gasteiger partial charge is 0.506 e. The van der Waals surface area contributed by atoms with E-state index in [1.165, 1.54) is 6.07 Å². The normalized spacial score (nSPS) is 8.93. The highest BCUT2D eigenvalue weighted by atomic mass is 35.5. The smallest absolute Gasteiger partial charge is 0.259 e. The standard InChI is InChI=1S/C25H12ClNO3/c1-2-3-4-5-6-11-16-30-23-17-20(24(28)19-13-8-7-12-18(19)23)25(29)27-22-15-10-9-14-21(22)26/h1,7-10,12-15,17,28H,(H,27,29). The number of carbonyl (C=O) groups is 1. The molecular formula is C25H12ClNO3. The maximum absolute atomic E-state index is 12.8. The first-order chi connectivity index (χ1) is 14.6. The zero-order valence-corrected chi connectivity index (χ0v) is 16.2. The van der Waals surface area contributed by atoms with Gasteiger partial charge < -0.3 is 15.2 Å². The SMILES string of the molecule is C#CC#CC#CC#COc1cc(C(=O)Nc2ccccc2Cl)c(O)c2ccccc12. The van der Waals surface area contributed by atoms with Crippen molar-refractivity contribution < 1.29 is 14.6 Å². The molecule has 2 N–H and O–H groups in total. The van der Waals surface area contributed by atoms with Crippen LogP contribution in [0, 0.1) is 48.1 Å². The molecule has 0 saturated carbocycles. The Bertz CT molecular complexity index is 1370. The molecule has 0 saturated heterocycles. The number of ether oxygens (including phenoxy) is 1. The molecule has 30 heavy (non-hydrogen) atoms. The van der Waals surface area contributed by atoms with Gasteiger partial charge in [-0.2, -0.15) is 0 Å². The predicted octanol–water partition coefficient (Wildman–Crippen LogP) is 4.43. The predicted molar refractivity (Wildman–Crippen MR) is 118 cm³/mol. The zero-order chi connectivity index (χ0) is 21.3. The Morgan fingerprint density at radius 1 is 0.967 bits per heavy atom. The number of hydrogen-bond acceptors (Lipinski definition) is 3. The van der Waals surface area contributed by atoms with Gasteiger partial charge in [0.1, 0.15) is 17.6 Å².